The predicted octanol–water partition coefficient (Wildman–Crippen LogP) is 2.93. The van der Waals surface area contributed by atoms with Crippen LogP contribution in [-0.2, 0) is 6.54 Å². The fourth-order valence-electron chi connectivity index (χ4n) is 1.93. The van der Waals surface area contributed by atoms with E-state index < -0.39 is 11.0 Å². The van der Waals surface area contributed by atoms with E-state index in [2.05, 4.69) is 10.6 Å². The Morgan fingerprint density at radius 2 is 1.86 bits per heavy atom. The highest BCUT2D eigenvalue weighted by Gasteiger charge is 2.14. The van der Waals surface area contributed by atoms with Gasteiger partial charge in [-0.25, -0.2) is 4.79 Å². The zero-order valence-electron chi connectivity index (χ0n) is 11.9. The van der Waals surface area contributed by atoms with Crippen molar-refractivity contribution >= 4 is 17.4 Å². The van der Waals surface area contributed by atoms with Crippen LogP contribution in [0.5, 0.6) is 5.75 Å². The maximum Gasteiger partial charge on any atom is 0.319 e. The standard InChI is InChI=1S/C15H15N3O4/c1-22-14-9-5-2-6-11(14)10-16-15(19)17-12-7-3-4-8-13(12)18(20)21/h2-9H,10H2,1H3,(H2,16,17,19). The van der Waals surface area contributed by atoms with E-state index in [1.54, 1.807) is 19.2 Å². The van der Waals surface area contributed by atoms with Crippen molar-refractivity contribution in [3.63, 3.8) is 0 Å². The van der Waals surface area contributed by atoms with Crippen molar-refractivity contribution in [2.24, 2.45) is 0 Å². The van der Waals surface area contributed by atoms with Crippen LogP contribution >= 0.6 is 0 Å². The van der Waals surface area contributed by atoms with Gasteiger partial charge in [0.05, 0.1) is 12.0 Å². The molecule has 0 aromatic heterocycles. The molecule has 0 saturated heterocycles. The number of nitro benzene ring substituents is 1. The van der Waals surface area contributed by atoms with Crippen LogP contribution in [0.4, 0.5) is 16.2 Å². The van der Waals surface area contributed by atoms with E-state index in [1.165, 1.54) is 18.2 Å². The van der Waals surface area contributed by atoms with Crippen molar-refractivity contribution in [3.05, 3.63) is 64.2 Å². The number of hydrogen-bond acceptors (Lipinski definition) is 4. The molecule has 0 spiro atoms. The molecule has 0 unspecified atom stereocenters. The smallest absolute Gasteiger partial charge is 0.319 e. The average molecular weight is 301 g/mol. The number of nitrogens with zero attached hydrogens (tertiary/aromatic N) is 1. The molecule has 2 aromatic rings. The van der Waals surface area contributed by atoms with Crippen LogP contribution in [0.3, 0.4) is 0 Å². The number of methoxy groups -OCH3 is 1. The maximum absolute atomic E-state index is 11.9. The molecule has 0 heterocycles. The summed E-state index contributed by atoms with van der Waals surface area (Å²) in [5.41, 5.74) is 0.794. The summed E-state index contributed by atoms with van der Waals surface area (Å²) in [6, 6.07) is 12.7. The molecule has 0 aliphatic rings. The minimum Gasteiger partial charge on any atom is -0.496 e. The Morgan fingerprint density at radius 1 is 1.18 bits per heavy atom. The Kier molecular flexibility index (Phi) is 4.92. The van der Waals surface area contributed by atoms with Crippen molar-refractivity contribution < 1.29 is 14.5 Å². The summed E-state index contributed by atoms with van der Waals surface area (Å²) < 4.78 is 5.19. The number of carbonyl (C=O) groups is 1. The minimum absolute atomic E-state index is 0.144. The lowest BCUT2D eigenvalue weighted by Gasteiger charge is -2.10. The van der Waals surface area contributed by atoms with Gasteiger partial charge in [-0.1, -0.05) is 30.3 Å². The third kappa shape index (κ3) is 3.72. The lowest BCUT2D eigenvalue weighted by atomic mass is 10.2. The zero-order valence-corrected chi connectivity index (χ0v) is 11.9. The summed E-state index contributed by atoms with van der Waals surface area (Å²) in [4.78, 5) is 22.2. The molecule has 0 saturated carbocycles. The molecule has 2 amide bonds. The van der Waals surface area contributed by atoms with Crippen molar-refractivity contribution in [1.82, 2.24) is 5.32 Å². The first-order valence-electron chi connectivity index (χ1n) is 6.52. The van der Waals surface area contributed by atoms with Gasteiger partial charge in [-0.3, -0.25) is 10.1 Å². The first-order valence-corrected chi connectivity index (χ1v) is 6.52. The lowest BCUT2D eigenvalue weighted by molar-refractivity contribution is -0.383. The predicted molar refractivity (Wildman–Crippen MR) is 81.9 cm³/mol. The number of nitrogens with one attached hydrogen (secondary N) is 2. The molecule has 0 aliphatic heterocycles. The summed E-state index contributed by atoms with van der Waals surface area (Å²) in [5.74, 6) is 0.661. The topological polar surface area (TPSA) is 93.5 Å². The van der Waals surface area contributed by atoms with Crippen molar-refractivity contribution in [3.8, 4) is 5.75 Å². The molecule has 7 heteroatoms. The van der Waals surface area contributed by atoms with Crippen molar-refractivity contribution in [2.75, 3.05) is 12.4 Å². The SMILES string of the molecule is COc1ccccc1CNC(=O)Nc1ccccc1[N+](=O)[O-]. The molecule has 2 rings (SSSR count). The Hall–Kier alpha value is -3.09. The van der Waals surface area contributed by atoms with Crippen LogP contribution in [0.1, 0.15) is 5.56 Å². The number of amides is 2. The quantitative estimate of drug-likeness (QED) is 0.656. The number of para-hydroxylation sites is 3. The van der Waals surface area contributed by atoms with Crippen LogP contribution in [0.15, 0.2) is 48.5 Å². The second-order valence-corrected chi connectivity index (χ2v) is 4.39. The van der Waals surface area contributed by atoms with E-state index in [1.807, 2.05) is 18.2 Å². The van der Waals surface area contributed by atoms with E-state index in [0.29, 0.717) is 5.75 Å². The van der Waals surface area contributed by atoms with Crippen LogP contribution in [-0.4, -0.2) is 18.1 Å². The van der Waals surface area contributed by atoms with E-state index in [9.17, 15) is 14.9 Å². The number of benzene rings is 2. The Morgan fingerprint density at radius 3 is 2.59 bits per heavy atom. The molecule has 0 atom stereocenters. The molecule has 7 nitrogen and oxygen atoms in total. The molecular weight excluding hydrogens is 286 g/mol. The molecule has 0 radical (unpaired) electrons. The summed E-state index contributed by atoms with van der Waals surface area (Å²) in [5, 5.41) is 16.0. The number of hydrogen-bond donors (Lipinski definition) is 2. The summed E-state index contributed by atoms with van der Waals surface area (Å²) in [7, 11) is 1.55. The molecule has 114 valence electrons. The first kappa shape index (κ1) is 15.3. The van der Waals surface area contributed by atoms with E-state index in [4.69, 9.17) is 4.74 Å². The van der Waals surface area contributed by atoms with Gasteiger partial charge in [0, 0.05) is 18.2 Å². The van der Waals surface area contributed by atoms with Gasteiger partial charge in [-0.2, -0.15) is 0 Å². The van der Waals surface area contributed by atoms with Crippen molar-refractivity contribution in [2.45, 2.75) is 6.54 Å². The largest absolute Gasteiger partial charge is 0.496 e. The molecule has 0 fully saturated rings. The second kappa shape index (κ2) is 7.07. The molecule has 2 N–H and O–H groups in total. The monoisotopic (exact) mass is 301 g/mol. The highest BCUT2D eigenvalue weighted by Crippen LogP contribution is 2.23. The molecule has 0 aliphatic carbocycles. The number of ether oxygens (including phenoxy) is 1. The van der Waals surface area contributed by atoms with Crippen LogP contribution < -0.4 is 15.4 Å². The van der Waals surface area contributed by atoms with Gasteiger partial charge >= 0.3 is 6.03 Å². The maximum atomic E-state index is 11.9. The van der Waals surface area contributed by atoms with Gasteiger partial charge in [-0.05, 0) is 12.1 Å². The minimum atomic E-state index is -0.546. The Bertz CT molecular complexity index is 688. The van der Waals surface area contributed by atoms with Gasteiger partial charge < -0.3 is 15.4 Å². The highest BCUT2D eigenvalue weighted by molar-refractivity contribution is 5.91. The number of rotatable bonds is 5. The molecule has 2 aromatic carbocycles. The number of anilines is 1. The summed E-state index contributed by atoms with van der Waals surface area (Å²) >= 11 is 0. The normalized spacial score (nSPS) is 9.86. The molecular formula is C15H15N3O4. The number of carbonyl (C=O) groups excluding carboxylic acids is 1. The molecule has 0 bridgehead atoms. The third-order valence-electron chi connectivity index (χ3n) is 2.98. The van der Waals surface area contributed by atoms with Crippen LogP contribution in [0.2, 0.25) is 0 Å². The lowest BCUT2D eigenvalue weighted by Crippen LogP contribution is -2.28. The van der Waals surface area contributed by atoms with Crippen LogP contribution in [0.25, 0.3) is 0 Å². The Balaban J connectivity index is 2.01. The second-order valence-electron chi connectivity index (χ2n) is 4.39. The third-order valence-corrected chi connectivity index (χ3v) is 2.98. The Labute approximate surface area is 127 Å². The van der Waals surface area contributed by atoms with Gasteiger partial charge in [0.2, 0.25) is 0 Å². The fraction of sp³-hybridized carbons (Fsp3) is 0.133. The van der Waals surface area contributed by atoms with Crippen molar-refractivity contribution in [1.29, 1.82) is 0 Å². The van der Waals surface area contributed by atoms with E-state index in [-0.39, 0.29) is 17.9 Å². The van der Waals surface area contributed by atoms with Gasteiger partial charge in [-0.15, -0.1) is 0 Å². The number of nitro groups is 1. The number of urea groups is 1. The first-order chi connectivity index (χ1) is 10.6. The molecule has 22 heavy (non-hydrogen) atoms. The summed E-state index contributed by atoms with van der Waals surface area (Å²) in [6.45, 7) is 0.247. The van der Waals surface area contributed by atoms with E-state index in [0.717, 1.165) is 5.56 Å². The average Bonchev–Trinajstić information content (AvgIpc) is 2.53. The van der Waals surface area contributed by atoms with Crippen LogP contribution in [0, 0.1) is 10.1 Å². The zero-order chi connectivity index (χ0) is 15.9. The van der Waals surface area contributed by atoms with E-state index >= 15 is 0 Å². The van der Waals surface area contributed by atoms with Gasteiger partial charge in [0.15, 0.2) is 0 Å². The van der Waals surface area contributed by atoms with Gasteiger partial charge in [0.1, 0.15) is 11.4 Å². The summed E-state index contributed by atoms with van der Waals surface area (Å²) in [6.07, 6.45) is 0. The van der Waals surface area contributed by atoms with Gasteiger partial charge in [0.25, 0.3) is 5.69 Å². The fourth-order valence-corrected chi connectivity index (χ4v) is 1.93. The highest BCUT2D eigenvalue weighted by atomic mass is 16.6.